The van der Waals surface area contributed by atoms with Crippen molar-refractivity contribution in [1.82, 2.24) is 4.90 Å². The van der Waals surface area contributed by atoms with Gasteiger partial charge in [0.15, 0.2) is 5.12 Å². The van der Waals surface area contributed by atoms with E-state index < -0.39 is 22.2 Å². The molecule has 1 saturated heterocycles. The van der Waals surface area contributed by atoms with Gasteiger partial charge in [0, 0.05) is 24.6 Å². The molecule has 1 fully saturated rings. The van der Waals surface area contributed by atoms with Gasteiger partial charge in [0.25, 0.3) is 10.2 Å². The van der Waals surface area contributed by atoms with Gasteiger partial charge in [0.05, 0.1) is 19.8 Å². The quantitative estimate of drug-likeness (QED) is 0.163. The molecular formula is C18H31N3O10S. The molecule has 184 valence electrons. The summed E-state index contributed by atoms with van der Waals surface area (Å²) >= 11 is 1.14. The third kappa shape index (κ3) is 12.9. The molecule has 0 aromatic heterocycles. The van der Waals surface area contributed by atoms with Crippen LogP contribution in [0.25, 0.3) is 0 Å². The van der Waals surface area contributed by atoms with Crippen LogP contribution < -0.4 is 0 Å². The van der Waals surface area contributed by atoms with Gasteiger partial charge in [-0.15, -0.1) is 20.2 Å². The molecule has 0 radical (unpaired) electrons. The Morgan fingerprint density at radius 2 is 1.72 bits per heavy atom. The number of nitrogens with zero attached hydrogens (tertiary/aromatic N) is 3. The van der Waals surface area contributed by atoms with E-state index in [-0.39, 0.29) is 36.8 Å². The van der Waals surface area contributed by atoms with Crippen molar-refractivity contribution in [2.24, 2.45) is 5.92 Å². The minimum atomic E-state index is -0.860. The monoisotopic (exact) mass is 481 g/mol. The smallest absolute Gasteiger partial charge is 0.328 e. The van der Waals surface area contributed by atoms with Crippen LogP contribution in [0.4, 0.5) is 0 Å². The molecule has 0 aliphatic carbocycles. The van der Waals surface area contributed by atoms with Crippen molar-refractivity contribution in [2.75, 3.05) is 32.1 Å². The van der Waals surface area contributed by atoms with Crippen molar-refractivity contribution in [1.29, 1.82) is 0 Å². The number of unbranched alkanes of at least 4 members (excludes halogenated alkanes) is 1. The molecule has 1 aliphatic heterocycles. The number of carbonyl (C=O) groups is 3. The number of thioether (sulfide) groups is 1. The Hall–Kier alpha value is -2.64. The van der Waals surface area contributed by atoms with E-state index in [1.807, 2.05) is 0 Å². The third-order valence-electron chi connectivity index (χ3n) is 4.23. The standard InChI is InChI=1S/C16H26N2O7S.C2H5NO3/c1-3-14(19)26-11-12(2)15(20)17-8-6-7-13(17)16(21)24-9-4-5-10-25-18(22)23;1-2-6-3(4)5/h12-13H,3-11H2,1-2H3;2H2,1H3/t12-,13+;/m1./s1. The third-order valence-corrected chi connectivity index (χ3v) is 5.50. The first-order valence-electron chi connectivity index (χ1n) is 10.3. The fourth-order valence-corrected chi connectivity index (χ4v) is 3.45. The van der Waals surface area contributed by atoms with Gasteiger partial charge < -0.3 is 19.3 Å². The minimum Gasteiger partial charge on any atom is -0.464 e. The lowest BCUT2D eigenvalue weighted by Gasteiger charge is -2.26. The lowest BCUT2D eigenvalue weighted by atomic mass is 10.1. The summed E-state index contributed by atoms with van der Waals surface area (Å²) in [6.07, 6.45) is 2.57. The molecule has 0 N–H and O–H groups in total. The van der Waals surface area contributed by atoms with Gasteiger partial charge in [-0.3, -0.25) is 9.59 Å². The maximum absolute atomic E-state index is 12.6. The van der Waals surface area contributed by atoms with E-state index >= 15 is 0 Å². The molecule has 14 heteroatoms. The van der Waals surface area contributed by atoms with Crippen LogP contribution in [-0.4, -0.2) is 70.2 Å². The average Bonchev–Trinajstić information content (AvgIpc) is 3.23. The Balaban J connectivity index is 0.00000140. The van der Waals surface area contributed by atoms with Gasteiger partial charge in [0.2, 0.25) is 5.91 Å². The van der Waals surface area contributed by atoms with E-state index in [9.17, 15) is 34.6 Å². The molecular weight excluding hydrogens is 450 g/mol. The highest BCUT2D eigenvalue weighted by Gasteiger charge is 2.36. The number of amides is 1. The number of likely N-dealkylation sites (tertiary alicyclic amines) is 1. The highest BCUT2D eigenvalue weighted by Crippen LogP contribution is 2.23. The summed E-state index contributed by atoms with van der Waals surface area (Å²) in [4.78, 5) is 64.8. The van der Waals surface area contributed by atoms with E-state index in [0.29, 0.717) is 38.0 Å². The van der Waals surface area contributed by atoms with Gasteiger partial charge in [-0.05, 0) is 32.6 Å². The maximum Gasteiger partial charge on any atom is 0.328 e. The number of carbonyl (C=O) groups excluding carboxylic acids is 3. The van der Waals surface area contributed by atoms with Crippen LogP contribution in [0.3, 0.4) is 0 Å². The Bertz CT molecular complexity index is 634. The molecule has 0 aromatic rings. The normalized spacial score (nSPS) is 15.7. The van der Waals surface area contributed by atoms with Crippen molar-refractivity contribution < 1.29 is 39.0 Å². The topological polar surface area (TPSA) is 168 Å². The second kappa shape index (κ2) is 17.0. The van der Waals surface area contributed by atoms with Crippen LogP contribution in [0.5, 0.6) is 0 Å². The summed E-state index contributed by atoms with van der Waals surface area (Å²) in [6, 6.07) is -0.591. The molecule has 0 bridgehead atoms. The number of hydrogen-bond acceptors (Lipinski definition) is 11. The van der Waals surface area contributed by atoms with E-state index in [2.05, 4.69) is 9.68 Å². The first kappa shape index (κ1) is 29.4. The first-order valence-corrected chi connectivity index (χ1v) is 11.3. The first-order chi connectivity index (χ1) is 15.1. The predicted molar refractivity (Wildman–Crippen MR) is 113 cm³/mol. The summed E-state index contributed by atoms with van der Waals surface area (Å²) in [5.41, 5.74) is 0. The zero-order valence-electron chi connectivity index (χ0n) is 18.6. The van der Waals surface area contributed by atoms with Crippen molar-refractivity contribution in [3.8, 4) is 0 Å². The number of rotatable bonds is 13. The van der Waals surface area contributed by atoms with Crippen molar-refractivity contribution in [2.45, 2.75) is 58.9 Å². The Morgan fingerprint density at radius 1 is 1.09 bits per heavy atom. The largest absolute Gasteiger partial charge is 0.464 e. The van der Waals surface area contributed by atoms with Crippen molar-refractivity contribution in [3.05, 3.63) is 20.2 Å². The summed E-state index contributed by atoms with van der Waals surface area (Å²) in [5.74, 6) is -0.529. The minimum absolute atomic E-state index is 0.0374. The molecule has 1 heterocycles. The molecule has 0 saturated carbocycles. The fourth-order valence-electron chi connectivity index (χ4n) is 2.67. The molecule has 0 unspecified atom stereocenters. The van der Waals surface area contributed by atoms with Gasteiger partial charge >= 0.3 is 5.97 Å². The zero-order valence-corrected chi connectivity index (χ0v) is 19.4. The molecule has 1 aliphatic rings. The molecule has 32 heavy (non-hydrogen) atoms. The van der Waals surface area contributed by atoms with Crippen LogP contribution in [-0.2, 0) is 28.8 Å². The van der Waals surface area contributed by atoms with Crippen molar-refractivity contribution >= 4 is 28.8 Å². The Labute approximate surface area is 190 Å². The Morgan fingerprint density at radius 3 is 2.25 bits per heavy atom. The van der Waals surface area contributed by atoms with E-state index in [1.165, 1.54) is 0 Å². The van der Waals surface area contributed by atoms with Crippen LogP contribution in [0.15, 0.2) is 0 Å². The highest BCUT2D eigenvalue weighted by atomic mass is 32.2. The van der Waals surface area contributed by atoms with Crippen LogP contribution >= 0.6 is 11.8 Å². The van der Waals surface area contributed by atoms with E-state index in [4.69, 9.17) is 4.74 Å². The van der Waals surface area contributed by atoms with Gasteiger partial charge in [0.1, 0.15) is 6.04 Å². The zero-order chi connectivity index (χ0) is 24.5. The van der Waals surface area contributed by atoms with Crippen LogP contribution in [0.1, 0.15) is 52.9 Å². The lowest BCUT2D eigenvalue weighted by molar-refractivity contribution is -0.757. The average molecular weight is 482 g/mol. The molecule has 13 nitrogen and oxygen atoms in total. The molecule has 1 amide bonds. The summed E-state index contributed by atoms with van der Waals surface area (Å²) < 4.78 is 5.19. The van der Waals surface area contributed by atoms with Crippen molar-refractivity contribution in [3.63, 3.8) is 0 Å². The van der Waals surface area contributed by atoms with Gasteiger partial charge in [-0.25, -0.2) is 4.79 Å². The number of esters is 1. The summed E-state index contributed by atoms with van der Waals surface area (Å²) in [5, 5.41) is 17.6. The van der Waals surface area contributed by atoms with Gasteiger partial charge in [-0.1, -0.05) is 25.6 Å². The summed E-state index contributed by atoms with van der Waals surface area (Å²) in [6.45, 7) is 5.83. The maximum atomic E-state index is 12.6. The van der Waals surface area contributed by atoms with Crippen LogP contribution in [0, 0.1) is 26.1 Å². The SMILES string of the molecule is CCC(=O)SC[C@@H](C)C(=O)N1CCC[C@H]1C(=O)OCCCCO[N+](=O)[O-].CCO[N+](=O)[O-]. The molecule has 0 aromatic carbocycles. The number of ether oxygens (including phenoxy) is 1. The van der Waals surface area contributed by atoms with Crippen LogP contribution in [0.2, 0.25) is 0 Å². The highest BCUT2D eigenvalue weighted by molar-refractivity contribution is 8.13. The van der Waals surface area contributed by atoms with Gasteiger partial charge in [-0.2, -0.15) is 0 Å². The molecule has 2 atom stereocenters. The lowest BCUT2D eigenvalue weighted by Crippen LogP contribution is -2.44. The Kier molecular flexibility index (Phi) is 15.6. The summed E-state index contributed by atoms with van der Waals surface area (Å²) in [7, 11) is 0. The number of hydrogen-bond donors (Lipinski definition) is 0. The molecule has 1 rings (SSSR count). The second-order valence-electron chi connectivity index (χ2n) is 6.70. The predicted octanol–water partition coefficient (Wildman–Crippen LogP) is 2.03. The van der Waals surface area contributed by atoms with E-state index in [1.54, 1.807) is 25.7 Å². The van der Waals surface area contributed by atoms with E-state index in [0.717, 1.165) is 18.2 Å². The fraction of sp³-hybridized carbons (Fsp3) is 0.833. The second-order valence-corrected chi connectivity index (χ2v) is 7.78. The molecule has 0 spiro atoms.